The summed E-state index contributed by atoms with van der Waals surface area (Å²) in [6.45, 7) is 2.63. The van der Waals surface area contributed by atoms with Gasteiger partial charge in [0.05, 0.1) is 12.0 Å². The van der Waals surface area contributed by atoms with Gasteiger partial charge in [-0.15, -0.1) is 0 Å². The molecule has 2 aliphatic heterocycles. The molecule has 1 saturated heterocycles. The number of nitrogens with zero attached hydrogens (tertiary/aromatic N) is 2. The number of amides is 2. The number of carboxylic acids is 1. The molecule has 0 saturated carbocycles. The monoisotopic (exact) mass is 392 g/mol. The fraction of sp³-hybridized carbons (Fsp3) is 0.348. The van der Waals surface area contributed by atoms with Gasteiger partial charge in [-0.25, -0.2) is 4.79 Å². The molecule has 0 bridgehead atoms. The first-order chi connectivity index (χ1) is 14.0. The van der Waals surface area contributed by atoms with E-state index in [4.69, 9.17) is 0 Å². The molecule has 2 heterocycles. The molecule has 3 unspecified atom stereocenters. The summed E-state index contributed by atoms with van der Waals surface area (Å²) in [6.07, 6.45) is 0.747. The molecule has 0 spiro atoms. The zero-order chi connectivity index (χ0) is 20.5. The van der Waals surface area contributed by atoms with E-state index >= 15 is 0 Å². The molecule has 4 rings (SSSR count). The number of carbonyl (C=O) groups is 3. The zero-order valence-corrected chi connectivity index (χ0v) is 16.3. The van der Waals surface area contributed by atoms with Crippen molar-refractivity contribution >= 4 is 17.8 Å². The Morgan fingerprint density at radius 1 is 1.07 bits per heavy atom. The summed E-state index contributed by atoms with van der Waals surface area (Å²) in [5.74, 6) is -1.86. The first kappa shape index (κ1) is 19.2. The van der Waals surface area contributed by atoms with Crippen molar-refractivity contribution in [2.45, 2.75) is 31.8 Å². The van der Waals surface area contributed by atoms with Gasteiger partial charge in [0, 0.05) is 19.5 Å². The maximum Gasteiger partial charge on any atom is 0.331 e. The van der Waals surface area contributed by atoms with Crippen LogP contribution in [0.25, 0.3) is 0 Å². The van der Waals surface area contributed by atoms with Gasteiger partial charge in [0.15, 0.2) is 6.04 Å². The second-order valence-corrected chi connectivity index (χ2v) is 7.76. The topological polar surface area (TPSA) is 77.9 Å². The van der Waals surface area contributed by atoms with Gasteiger partial charge in [-0.2, -0.15) is 0 Å². The van der Waals surface area contributed by atoms with E-state index in [1.165, 1.54) is 4.90 Å². The second kappa shape index (κ2) is 7.70. The molecule has 2 aromatic carbocycles. The van der Waals surface area contributed by atoms with E-state index in [1.807, 2.05) is 49.4 Å². The lowest BCUT2D eigenvalue weighted by molar-refractivity contribution is -0.153. The van der Waals surface area contributed by atoms with E-state index in [0.717, 1.165) is 11.1 Å². The number of rotatable bonds is 4. The van der Waals surface area contributed by atoms with Crippen LogP contribution < -0.4 is 0 Å². The summed E-state index contributed by atoms with van der Waals surface area (Å²) < 4.78 is 0. The van der Waals surface area contributed by atoms with Crippen LogP contribution >= 0.6 is 0 Å². The number of likely N-dealkylation sites (tertiary alicyclic amines) is 1. The third-order valence-corrected chi connectivity index (χ3v) is 6.06. The van der Waals surface area contributed by atoms with Crippen LogP contribution in [0.4, 0.5) is 0 Å². The molecule has 0 aromatic heterocycles. The summed E-state index contributed by atoms with van der Waals surface area (Å²) in [5.41, 5.74) is 2.65. The van der Waals surface area contributed by atoms with Crippen molar-refractivity contribution in [3.63, 3.8) is 0 Å². The average molecular weight is 392 g/mol. The van der Waals surface area contributed by atoms with Gasteiger partial charge in [-0.3, -0.25) is 9.59 Å². The molecule has 0 radical (unpaired) electrons. The van der Waals surface area contributed by atoms with Crippen LogP contribution in [-0.2, 0) is 20.8 Å². The average Bonchev–Trinajstić information content (AvgIpc) is 3.13. The first-order valence-corrected chi connectivity index (χ1v) is 9.93. The molecule has 1 fully saturated rings. The van der Waals surface area contributed by atoms with E-state index in [0.29, 0.717) is 25.1 Å². The highest BCUT2D eigenvalue weighted by Gasteiger charge is 2.43. The molecule has 2 aromatic rings. The lowest BCUT2D eigenvalue weighted by Crippen LogP contribution is -2.46. The van der Waals surface area contributed by atoms with Crippen LogP contribution in [0.2, 0.25) is 0 Å². The van der Waals surface area contributed by atoms with Crippen molar-refractivity contribution in [3.05, 3.63) is 71.3 Å². The summed E-state index contributed by atoms with van der Waals surface area (Å²) in [6, 6.07) is 16.0. The molecular weight excluding hydrogens is 368 g/mol. The van der Waals surface area contributed by atoms with Crippen molar-refractivity contribution in [1.29, 1.82) is 0 Å². The van der Waals surface area contributed by atoms with Gasteiger partial charge in [-0.1, -0.05) is 54.6 Å². The lowest BCUT2D eigenvalue weighted by Gasteiger charge is -2.36. The predicted molar refractivity (Wildman–Crippen MR) is 107 cm³/mol. The Hall–Kier alpha value is -3.15. The maximum absolute atomic E-state index is 13.3. The standard InChI is InChI=1S/C23H24N2O4/c1-15(16-7-3-2-4-8-16)25-14-18(13-20(25)26)22(27)24-12-11-17-9-5-6-10-19(17)21(24)23(28)29/h2-10,15,18,21H,11-14H2,1H3,(H,28,29). The third kappa shape index (κ3) is 3.50. The molecule has 2 aliphatic rings. The van der Waals surface area contributed by atoms with Crippen LogP contribution in [0, 0.1) is 5.92 Å². The highest BCUT2D eigenvalue weighted by atomic mass is 16.4. The molecule has 29 heavy (non-hydrogen) atoms. The molecule has 2 amide bonds. The molecule has 150 valence electrons. The highest BCUT2D eigenvalue weighted by Crippen LogP contribution is 2.34. The molecular formula is C23H24N2O4. The van der Waals surface area contributed by atoms with E-state index in [1.54, 1.807) is 17.0 Å². The van der Waals surface area contributed by atoms with Crippen molar-refractivity contribution in [2.24, 2.45) is 5.92 Å². The predicted octanol–water partition coefficient (Wildman–Crippen LogP) is 2.81. The zero-order valence-electron chi connectivity index (χ0n) is 16.3. The number of benzene rings is 2. The normalized spacial score (nSPS) is 22.3. The van der Waals surface area contributed by atoms with Gasteiger partial charge in [0.1, 0.15) is 0 Å². The number of carboxylic acid groups (broad SMARTS) is 1. The highest BCUT2D eigenvalue weighted by molar-refractivity contribution is 5.92. The number of aliphatic carboxylic acids is 1. The minimum Gasteiger partial charge on any atom is -0.479 e. The van der Waals surface area contributed by atoms with Gasteiger partial charge in [-0.05, 0) is 30.0 Å². The number of carbonyl (C=O) groups excluding carboxylic acids is 2. The Kier molecular flexibility index (Phi) is 5.09. The number of fused-ring (bicyclic) bond motifs is 1. The van der Waals surface area contributed by atoms with E-state index in [9.17, 15) is 19.5 Å². The van der Waals surface area contributed by atoms with E-state index in [-0.39, 0.29) is 24.3 Å². The Morgan fingerprint density at radius 2 is 1.76 bits per heavy atom. The largest absolute Gasteiger partial charge is 0.479 e. The lowest BCUT2D eigenvalue weighted by atomic mass is 9.91. The molecule has 6 nitrogen and oxygen atoms in total. The second-order valence-electron chi connectivity index (χ2n) is 7.76. The van der Waals surface area contributed by atoms with Crippen molar-refractivity contribution in [1.82, 2.24) is 9.80 Å². The van der Waals surface area contributed by atoms with E-state index in [2.05, 4.69) is 0 Å². The Morgan fingerprint density at radius 3 is 2.48 bits per heavy atom. The minimum absolute atomic E-state index is 0.0658. The van der Waals surface area contributed by atoms with Crippen LogP contribution in [0.1, 0.15) is 42.1 Å². The van der Waals surface area contributed by atoms with Crippen molar-refractivity contribution in [2.75, 3.05) is 13.1 Å². The van der Waals surface area contributed by atoms with Crippen LogP contribution in [-0.4, -0.2) is 45.8 Å². The Labute approximate surface area is 169 Å². The van der Waals surface area contributed by atoms with E-state index < -0.39 is 17.9 Å². The number of hydrogen-bond donors (Lipinski definition) is 1. The minimum atomic E-state index is -1.04. The Bertz CT molecular complexity index is 943. The van der Waals surface area contributed by atoms with Crippen LogP contribution in [0.5, 0.6) is 0 Å². The third-order valence-electron chi connectivity index (χ3n) is 6.06. The van der Waals surface area contributed by atoms with Crippen LogP contribution in [0.15, 0.2) is 54.6 Å². The molecule has 0 aliphatic carbocycles. The van der Waals surface area contributed by atoms with Gasteiger partial charge >= 0.3 is 5.97 Å². The summed E-state index contributed by atoms with van der Waals surface area (Å²) in [7, 11) is 0. The fourth-order valence-electron chi connectivity index (χ4n) is 4.49. The Balaban J connectivity index is 1.54. The van der Waals surface area contributed by atoms with Crippen LogP contribution in [0.3, 0.4) is 0 Å². The van der Waals surface area contributed by atoms with Gasteiger partial charge in [0.2, 0.25) is 11.8 Å². The fourth-order valence-corrected chi connectivity index (χ4v) is 4.49. The van der Waals surface area contributed by atoms with Gasteiger partial charge in [0.25, 0.3) is 0 Å². The summed E-state index contributed by atoms with van der Waals surface area (Å²) >= 11 is 0. The van der Waals surface area contributed by atoms with Crippen molar-refractivity contribution in [3.8, 4) is 0 Å². The smallest absolute Gasteiger partial charge is 0.331 e. The summed E-state index contributed by atoms with van der Waals surface area (Å²) in [4.78, 5) is 41.1. The first-order valence-electron chi connectivity index (χ1n) is 9.93. The molecule has 6 heteroatoms. The maximum atomic E-state index is 13.3. The molecule has 1 N–H and O–H groups in total. The number of hydrogen-bond acceptors (Lipinski definition) is 3. The quantitative estimate of drug-likeness (QED) is 0.868. The SMILES string of the molecule is CC(c1ccccc1)N1CC(C(=O)N2CCc3ccccc3C2C(=O)O)CC1=O. The molecule has 3 atom stereocenters. The summed E-state index contributed by atoms with van der Waals surface area (Å²) in [5, 5.41) is 9.82. The van der Waals surface area contributed by atoms with Crippen molar-refractivity contribution < 1.29 is 19.5 Å². The van der Waals surface area contributed by atoms with Gasteiger partial charge < -0.3 is 14.9 Å².